The van der Waals surface area contributed by atoms with Crippen LogP contribution in [0.4, 0.5) is 0 Å². The Bertz CT molecular complexity index is 320. The van der Waals surface area contributed by atoms with Gasteiger partial charge in [0.05, 0.1) is 19.8 Å². The molecule has 0 spiro atoms. The number of hydrogen-bond acceptors (Lipinski definition) is 3. The van der Waals surface area contributed by atoms with Gasteiger partial charge in [0.15, 0.2) is 0 Å². The number of aliphatic hydroxyl groups is 1. The second-order valence-corrected chi connectivity index (χ2v) is 3.92. The number of hydrogen-bond donors (Lipinski definition) is 1. The van der Waals surface area contributed by atoms with Crippen molar-refractivity contribution in [3.8, 4) is 0 Å². The maximum atomic E-state index is 9.85. The van der Waals surface area contributed by atoms with Crippen LogP contribution in [-0.4, -0.2) is 31.0 Å². The van der Waals surface area contributed by atoms with Crippen LogP contribution in [0.15, 0.2) is 24.3 Å². The molecule has 1 aromatic rings. The second kappa shape index (κ2) is 4.75. The third kappa shape index (κ3) is 2.78. The Morgan fingerprint density at radius 2 is 2.33 bits per heavy atom. The van der Waals surface area contributed by atoms with Gasteiger partial charge in [-0.1, -0.05) is 29.8 Å². The van der Waals surface area contributed by atoms with Crippen LogP contribution in [-0.2, 0) is 9.47 Å². The molecule has 82 valence electrons. The van der Waals surface area contributed by atoms with Gasteiger partial charge in [-0.2, -0.15) is 0 Å². The fourth-order valence-corrected chi connectivity index (χ4v) is 1.51. The second-order valence-electron chi connectivity index (χ2n) is 3.92. The highest BCUT2D eigenvalue weighted by Gasteiger charge is 2.20. The third-order valence-electron chi connectivity index (χ3n) is 2.52. The average Bonchev–Trinajstić information content (AvgIpc) is 2.15. The third-order valence-corrected chi connectivity index (χ3v) is 2.52. The largest absolute Gasteiger partial charge is 0.386 e. The Hall–Kier alpha value is -0.900. The van der Waals surface area contributed by atoms with Gasteiger partial charge in [0.2, 0.25) is 0 Å². The number of aliphatic hydroxyl groups excluding tert-OH is 1. The molecule has 0 saturated carbocycles. The van der Waals surface area contributed by atoms with Gasteiger partial charge in [-0.25, -0.2) is 0 Å². The van der Waals surface area contributed by atoms with Gasteiger partial charge in [0, 0.05) is 0 Å². The van der Waals surface area contributed by atoms with Crippen molar-refractivity contribution in [3.05, 3.63) is 35.4 Å². The SMILES string of the molecule is Cc1cccc(C(O)COC2COC2)c1. The Labute approximate surface area is 89.6 Å². The van der Waals surface area contributed by atoms with E-state index in [1.54, 1.807) is 0 Å². The summed E-state index contributed by atoms with van der Waals surface area (Å²) in [5, 5.41) is 9.85. The number of aryl methyl sites for hydroxylation is 1. The first-order valence-corrected chi connectivity index (χ1v) is 5.19. The maximum absolute atomic E-state index is 9.85. The zero-order valence-electron chi connectivity index (χ0n) is 8.85. The molecule has 1 aromatic carbocycles. The summed E-state index contributed by atoms with van der Waals surface area (Å²) in [7, 11) is 0. The lowest BCUT2D eigenvalue weighted by molar-refractivity contribution is -0.143. The molecular weight excluding hydrogens is 192 g/mol. The van der Waals surface area contributed by atoms with E-state index in [0.29, 0.717) is 19.8 Å². The fraction of sp³-hybridized carbons (Fsp3) is 0.500. The summed E-state index contributed by atoms with van der Waals surface area (Å²) in [4.78, 5) is 0. The Kier molecular flexibility index (Phi) is 3.36. The Balaban J connectivity index is 1.86. The van der Waals surface area contributed by atoms with E-state index in [-0.39, 0.29) is 6.10 Å². The monoisotopic (exact) mass is 208 g/mol. The molecule has 1 atom stereocenters. The summed E-state index contributed by atoms with van der Waals surface area (Å²) in [5.74, 6) is 0. The topological polar surface area (TPSA) is 38.7 Å². The molecule has 0 amide bonds. The highest BCUT2D eigenvalue weighted by Crippen LogP contribution is 2.16. The summed E-state index contributed by atoms with van der Waals surface area (Å²) in [6.45, 7) is 3.66. The van der Waals surface area contributed by atoms with Crippen LogP contribution in [0.2, 0.25) is 0 Å². The molecule has 1 N–H and O–H groups in total. The zero-order valence-corrected chi connectivity index (χ0v) is 8.85. The smallest absolute Gasteiger partial charge is 0.104 e. The van der Waals surface area contributed by atoms with Gasteiger partial charge in [-0.3, -0.25) is 0 Å². The molecule has 1 fully saturated rings. The van der Waals surface area contributed by atoms with Crippen molar-refractivity contribution in [2.75, 3.05) is 19.8 Å². The number of benzene rings is 1. The van der Waals surface area contributed by atoms with Crippen molar-refractivity contribution in [1.82, 2.24) is 0 Å². The fourth-order valence-electron chi connectivity index (χ4n) is 1.51. The van der Waals surface area contributed by atoms with Gasteiger partial charge >= 0.3 is 0 Å². The molecule has 3 nitrogen and oxygen atoms in total. The van der Waals surface area contributed by atoms with Gasteiger partial charge in [0.25, 0.3) is 0 Å². The van der Waals surface area contributed by atoms with Gasteiger partial charge in [-0.05, 0) is 12.5 Å². The van der Waals surface area contributed by atoms with Crippen LogP contribution in [0.3, 0.4) is 0 Å². The lowest BCUT2D eigenvalue weighted by atomic mass is 10.1. The first kappa shape index (κ1) is 10.6. The molecule has 0 aromatic heterocycles. The van der Waals surface area contributed by atoms with E-state index in [1.165, 1.54) is 0 Å². The summed E-state index contributed by atoms with van der Waals surface area (Å²) in [6.07, 6.45) is -0.366. The highest BCUT2D eigenvalue weighted by molar-refractivity contribution is 5.23. The summed E-state index contributed by atoms with van der Waals surface area (Å²) >= 11 is 0. The molecule has 1 saturated heterocycles. The van der Waals surface area contributed by atoms with Gasteiger partial charge in [0.1, 0.15) is 12.2 Å². The lowest BCUT2D eigenvalue weighted by Gasteiger charge is -2.27. The van der Waals surface area contributed by atoms with Gasteiger partial charge in [-0.15, -0.1) is 0 Å². The van der Waals surface area contributed by atoms with Crippen LogP contribution in [0.1, 0.15) is 17.2 Å². The predicted molar refractivity (Wildman–Crippen MR) is 56.7 cm³/mol. The molecule has 15 heavy (non-hydrogen) atoms. The van der Waals surface area contributed by atoms with E-state index in [0.717, 1.165) is 11.1 Å². The quantitative estimate of drug-likeness (QED) is 0.813. The summed E-state index contributed by atoms with van der Waals surface area (Å²) in [6, 6.07) is 7.85. The lowest BCUT2D eigenvalue weighted by Crippen LogP contribution is -2.37. The highest BCUT2D eigenvalue weighted by atomic mass is 16.6. The first-order valence-electron chi connectivity index (χ1n) is 5.19. The van der Waals surface area contributed by atoms with Crippen molar-refractivity contribution in [2.24, 2.45) is 0 Å². The minimum Gasteiger partial charge on any atom is -0.386 e. The maximum Gasteiger partial charge on any atom is 0.104 e. The van der Waals surface area contributed by atoms with E-state index in [9.17, 15) is 5.11 Å². The zero-order chi connectivity index (χ0) is 10.7. The molecule has 0 bridgehead atoms. The molecule has 3 heteroatoms. The van der Waals surface area contributed by atoms with Crippen LogP contribution < -0.4 is 0 Å². The minimum atomic E-state index is -0.537. The number of rotatable bonds is 4. The summed E-state index contributed by atoms with van der Waals surface area (Å²) in [5.41, 5.74) is 2.06. The van der Waals surface area contributed by atoms with E-state index < -0.39 is 6.10 Å². The van der Waals surface area contributed by atoms with Crippen LogP contribution in [0.5, 0.6) is 0 Å². The van der Waals surface area contributed by atoms with Gasteiger partial charge < -0.3 is 14.6 Å². The average molecular weight is 208 g/mol. The molecule has 1 unspecified atom stereocenters. The van der Waals surface area contributed by atoms with E-state index in [1.807, 2.05) is 31.2 Å². The molecular formula is C12H16O3. The van der Waals surface area contributed by atoms with E-state index in [4.69, 9.17) is 9.47 Å². The number of ether oxygens (including phenoxy) is 2. The predicted octanol–water partition coefficient (Wildman–Crippen LogP) is 1.44. The van der Waals surface area contributed by atoms with Crippen LogP contribution in [0.25, 0.3) is 0 Å². The van der Waals surface area contributed by atoms with Crippen molar-refractivity contribution in [3.63, 3.8) is 0 Å². The van der Waals surface area contributed by atoms with Crippen molar-refractivity contribution < 1.29 is 14.6 Å². The summed E-state index contributed by atoms with van der Waals surface area (Å²) < 4.78 is 10.4. The molecule has 1 heterocycles. The Morgan fingerprint density at radius 3 is 2.93 bits per heavy atom. The van der Waals surface area contributed by atoms with Crippen molar-refractivity contribution in [2.45, 2.75) is 19.1 Å². The van der Waals surface area contributed by atoms with E-state index >= 15 is 0 Å². The van der Waals surface area contributed by atoms with Crippen LogP contribution in [0, 0.1) is 6.92 Å². The van der Waals surface area contributed by atoms with E-state index in [2.05, 4.69) is 0 Å². The van der Waals surface area contributed by atoms with Crippen LogP contribution >= 0.6 is 0 Å². The standard InChI is InChI=1S/C12H16O3/c1-9-3-2-4-10(5-9)12(13)8-15-11-6-14-7-11/h2-5,11-13H,6-8H2,1H3. The molecule has 1 aliphatic heterocycles. The molecule has 2 rings (SSSR count). The van der Waals surface area contributed by atoms with Crippen molar-refractivity contribution >= 4 is 0 Å². The Morgan fingerprint density at radius 1 is 1.53 bits per heavy atom. The normalized spacial score (nSPS) is 18.5. The molecule has 0 radical (unpaired) electrons. The molecule has 1 aliphatic rings. The minimum absolute atomic E-state index is 0.171. The van der Waals surface area contributed by atoms with Crippen molar-refractivity contribution in [1.29, 1.82) is 0 Å². The first-order chi connectivity index (χ1) is 7.25. The molecule has 0 aliphatic carbocycles.